The third-order valence-electron chi connectivity index (χ3n) is 5.11. The van der Waals surface area contributed by atoms with Gasteiger partial charge in [0.15, 0.2) is 11.5 Å². The average molecular weight is 342 g/mol. The highest BCUT2D eigenvalue weighted by Gasteiger charge is 2.61. The van der Waals surface area contributed by atoms with Crippen LogP contribution in [0.15, 0.2) is 36.4 Å². The molecule has 0 amide bonds. The molecule has 1 saturated carbocycles. The standard InChI is InChI=1S/C21H26O4/c1-6-7-14-9-17-18(25-12-24-17)10-15(14)11-23-20(22)19-16(8-13(2)3)21(19,4)5/h6,8-10,16,19H,1,7,11-12H2,2-5H3/t16-,19+/m0/s1. The molecule has 0 unspecified atom stereocenters. The topological polar surface area (TPSA) is 44.8 Å². The fraction of sp³-hybridized carbons (Fsp3) is 0.476. The molecular weight excluding hydrogens is 316 g/mol. The molecule has 1 heterocycles. The third-order valence-corrected chi connectivity index (χ3v) is 5.11. The van der Waals surface area contributed by atoms with E-state index in [9.17, 15) is 4.79 Å². The van der Waals surface area contributed by atoms with E-state index in [4.69, 9.17) is 14.2 Å². The van der Waals surface area contributed by atoms with Crippen LogP contribution in [0, 0.1) is 17.3 Å². The Balaban J connectivity index is 1.70. The minimum Gasteiger partial charge on any atom is -0.461 e. The van der Waals surface area contributed by atoms with E-state index in [2.05, 4.69) is 40.3 Å². The molecule has 25 heavy (non-hydrogen) atoms. The fourth-order valence-corrected chi connectivity index (χ4v) is 3.54. The minimum atomic E-state index is -0.130. The lowest BCUT2D eigenvalue weighted by atomic mass is 10.0. The maximum atomic E-state index is 12.6. The molecule has 2 aliphatic rings. The molecule has 1 aliphatic heterocycles. The van der Waals surface area contributed by atoms with Crippen molar-refractivity contribution in [1.82, 2.24) is 0 Å². The Morgan fingerprint density at radius 1 is 1.28 bits per heavy atom. The highest BCUT2D eigenvalue weighted by Crippen LogP contribution is 2.59. The predicted octanol–water partition coefficient (Wildman–Crippen LogP) is 4.43. The summed E-state index contributed by atoms with van der Waals surface area (Å²) >= 11 is 0. The van der Waals surface area contributed by atoms with Gasteiger partial charge in [-0.25, -0.2) is 0 Å². The van der Waals surface area contributed by atoms with Gasteiger partial charge in [-0.05, 0) is 54.9 Å². The summed E-state index contributed by atoms with van der Waals surface area (Å²) in [5, 5.41) is 0. The largest absolute Gasteiger partial charge is 0.461 e. The van der Waals surface area contributed by atoms with Crippen molar-refractivity contribution in [2.24, 2.45) is 17.3 Å². The van der Waals surface area contributed by atoms with Crippen LogP contribution >= 0.6 is 0 Å². The van der Waals surface area contributed by atoms with Crippen molar-refractivity contribution in [2.75, 3.05) is 6.79 Å². The van der Waals surface area contributed by atoms with Gasteiger partial charge in [-0.2, -0.15) is 0 Å². The van der Waals surface area contributed by atoms with E-state index < -0.39 is 0 Å². The molecular formula is C21H26O4. The van der Waals surface area contributed by atoms with E-state index in [0.717, 1.165) is 16.9 Å². The van der Waals surface area contributed by atoms with Crippen molar-refractivity contribution in [3.8, 4) is 11.5 Å². The SMILES string of the molecule is C=CCc1cc2c(cc1COC(=O)[C@H]1[C@H](C=C(C)C)C1(C)C)OCO2. The van der Waals surface area contributed by atoms with E-state index in [1.54, 1.807) is 0 Å². The second-order valence-corrected chi connectivity index (χ2v) is 7.64. The first-order valence-electron chi connectivity index (χ1n) is 8.68. The van der Waals surface area contributed by atoms with Crippen LogP contribution in [0.2, 0.25) is 0 Å². The maximum absolute atomic E-state index is 12.6. The van der Waals surface area contributed by atoms with Gasteiger partial charge >= 0.3 is 5.97 Å². The van der Waals surface area contributed by atoms with Crippen LogP contribution in [-0.2, 0) is 22.6 Å². The Bertz CT molecular complexity index is 726. The molecule has 0 bridgehead atoms. The molecule has 4 nitrogen and oxygen atoms in total. The summed E-state index contributed by atoms with van der Waals surface area (Å²) in [6.45, 7) is 12.6. The summed E-state index contributed by atoms with van der Waals surface area (Å²) in [6.07, 6.45) is 4.70. The van der Waals surface area contributed by atoms with Crippen molar-refractivity contribution in [2.45, 2.75) is 40.7 Å². The van der Waals surface area contributed by atoms with Gasteiger partial charge in [0.25, 0.3) is 0 Å². The van der Waals surface area contributed by atoms with Gasteiger partial charge in [-0.1, -0.05) is 31.6 Å². The Hall–Kier alpha value is -2.23. The molecule has 0 saturated heterocycles. The number of ether oxygens (including phenoxy) is 3. The Labute approximate surface area is 149 Å². The Morgan fingerprint density at radius 2 is 1.92 bits per heavy atom. The van der Waals surface area contributed by atoms with Gasteiger partial charge in [-0.15, -0.1) is 6.58 Å². The lowest BCUT2D eigenvalue weighted by Crippen LogP contribution is -2.11. The Kier molecular flexibility index (Phi) is 4.63. The van der Waals surface area contributed by atoms with Gasteiger partial charge in [0.05, 0.1) is 5.92 Å². The van der Waals surface area contributed by atoms with Crippen molar-refractivity contribution < 1.29 is 19.0 Å². The van der Waals surface area contributed by atoms with Crippen LogP contribution in [0.4, 0.5) is 0 Å². The van der Waals surface area contributed by atoms with Crippen LogP contribution < -0.4 is 9.47 Å². The average Bonchev–Trinajstić information content (AvgIpc) is 2.88. The summed E-state index contributed by atoms with van der Waals surface area (Å²) in [4.78, 5) is 12.6. The number of hydrogen-bond donors (Lipinski definition) is 0. The number of allylic oxidation sites excluding steroid dienone is 3. The number of benzene rings is 1. The first-order chi connectivity index (χ1) is 11.8. The van der Waals surface area contributed by atoms with Crippen molar-refractivity contribution >= 4 is 5.97 Å². The molecule has 2 atom stereocenters. The summed E-state index contributed by atoms with van der Waals surface area (Å²) < 4.78 is 16.5. The highest BCUT2D eigenvalue weighted by molar-refractivity contribution is 5.78. The van der Waals surface area contributed by atoms with Crippen LogP contribution in [0.5, 0.6) is 11.5 Å². The molecule has 0 spiro atoms. The predicted molar refractivity (Wildman–Crippen MR) is 96.5 cm³/mol. The van der Waals surface area contributed by atoms with Gasteiger partial charge in [0, 0.05) is 0 Å². The van der Waals surface area contributed by atoms with Crippen LogP contribution in [0.1, 0.15) is 38.8 Å². The third kappa shape index (κ3) is 3.44. The summed E-state index contributed by atoms with van der Waals surface area (Å²) in [5.74, 6) is 1.50. The minimum absolute atomic E-state index is 0.0345. The molecule has 4 heteroatoms. The number of carbonyl (C=O) groups excluding carboxylic acids is 1. The summed E-state index contributed by atoms with van der Waals surface area (Å²) in [5.41, 5.74) is 3.18. The van der Waals surface area contributed by atoms with E-state index in [1.807, 2.05) is 18.2 Å². The molecule has 0 radical (unpaired) electrons. The van der Waals surface area contributed by atoms with Crippen molar-refractivity contribution in [3.63, 3.8) is 0 Å². The molecule has 134 valence electrons. The molecule has 0 N–H and O–H groups in total. The van der Waals surface area contributed by atoms with Crippen LogP contribution in [0.3, 0.4) is 0 Å². The second kappa shape index (κ2) is 6.58. The van der Waals surface area contributed by atoms with Gasteiger partial charge in [0.1, 0.15) is 6.61 Å². The van der Waals surface area contributed by atoms with Crippen LogP contribution in [-0.4, -0.2) is 12.8 Å². The second-order valence-electron chi connectivity index (χ2n) is 7.64. The van der Waals surface area contributed by atoms with Gasteiger partial charge < -0.3 is 14.2 Å². The van der Waals surface area contributed by atoms with E-state index in [-0.39, 0.29) is 36.6 Å². The van der Waals surface area contributed by atoms with Crippen molar-refractivity contribution in [1.29, 1.82) is 0 Å². The molecule has 0 aromatic heterocycles. The van der Waals surface area contributed by atoms with Crippen molar-refractivity contribution in [3.05, 3.63) is 47.6 Å². The molecule has 1 aromatic rings. The number of fused-ring (bicyclic) bond motifs is 1. The zero-order valence-corrected chi connectivity index (χ0v) is 15.4. The lowest BCUT2D eigenvalue weighted by molar-refractivity contribution is -0.147. The first kappa shape index (κ1) is 17.6. The molecule has 1 aromatic carbocycles. The molecule has 1 fully saturated rings. The zero-order chi connectivity index (χ0) is 18.2. The maximum Gasteiger partial charge on any atom is 0.310 e. The van der Waals surface area contributed by atoms with Crippen LogP contribution in [0.25, 0.3) is 0 Å². The van der Waals surface area contributed by atoms with Gasteiger partial charge in [0.2, 0.25) is 6.79 Å². The zero-order valence-electron chi connectivity index (χ0n) is 15.4. The normalized spacial score (nSPS) is 22.2. The van der Waals surface area contributed by atoms with E-state index in [1.165, 1.54) is 5.57 Å². The number of esters is 1. The number of rotatable bonds is 6. The monoisotopic (exact) mass is 342 g/mol. The molecule has 3 rings (SSSR count). The lowest BCUT2D eigenvalue weighted by Gasteiger charge is -2.11. The number of carbonyl (C=O) groups is 1. The summed E-state index contributed by atoms with van der Waals surface area (Å²) in [6, 6.07) is 3.85. The smallest absolute Gasteiger partial charge is 0.310 e. The summed E-state index contributed by atoms with van der Waals surface area (Å²) in [7, 11) is 0. The van der Waals surface area contributed by atoms with Gasteiger partial charge in [-0.3, -0.25) is 4.79 Å². The molecule has 1 aliphatic carbocycles. The fourth-order valence-electron chi connectivity index (χ4n) is 3.54. The first-order valence-corrected chi connectivity index (χ1v) is 8.68. The Morgan fingerprint density at radius 3 is 2.52 bits per heavy atom. The quantitative estimate of drug-likeness (QED) is 0.567. The highest BCUT2D eigenvalue weighted by atomic mass is 16.7. The van der Waals surface area contributed by atoms with E-state index in [0.29, 0.717) is 12.2 Å². The van der Waals surface area contributed by atoms with E-state index >= 15 is 0 Å². The number of hydrogen-bond acceptors (Lipinski definition) is 4.